The molecule has 0 fully saturated rings. The number of carboxylic acid groups (broad SMARTS) is 1. The first-order chi connectivity index (χ1) is 8.49. The van der Waals surface area contributed by atoms with E-state index in [2.05, 4.69) is 9.97 Å². The summed E-state index contributed by atoms with van der Waals surface area (Å²) < 4.78 is 1.98. The van der Waals surface area contributed by atoms with E-state index in [1.165, 1.54) is 11.8 Å². The topological polar surface area (TPSA) is 68.0 Å². The maximum atomic E-state index is 10.6. The van der Waals surface area contributed by atoms with Gasteiger partial charge in [-0.25, -0.2) is 9.97 Å². The highest BCUT2D eigenvalue weighted by molar-refractivity contribution is 7.99. The van der Waals surface area contributed by atoms with E-state index in [-0.39, 0.29) is 11.8 Å². The Kier molecular flexibility index (Phi) is 3.56. The molecule has 0 amide bonds. The Bertz CT molecular complexity index is 592. The Morgan fingerprint density at radius 3 is 2.78 bits per heavy atom. The standard InChI is InChI=1S/C12H15N3O2S/c1-7(2)15-11-9(5-4-8(3)13-11)14-12(15)18-6-10(16)17/h4-5,7H,6H2,1-3H3,(H,16,17). The molecule has 0 aliphatic rings. The number of aryl methyl sites for hydroxylation is 1. The summed E-state index contributed by atoms with van der Waals surface area (Å²) in [5, 5.41) is 9.46. The second kappa shape index (κ2) is 4.97. The number of rotatable bonds is 4. The number of hydrogen-bond donors (Lipinski definition) is 1. The molecule has 0 saturated heterocycles. The first-order valence-corrected chi connectivity index (χ1v) is 6.67. The van der Waals surface area contributed by atoms with Crippen molar-refractivity contribution >= 4 is 28.9 Å². The lowest BCUT2D eigenvalue weighted by Gasteiger charge is -2.11. The lowest BCUT2D eigenvalue weighted by molar-refractivity contribution is -0.133. The van der Waals surface area contributed by atoms with Crippen molar-refractivity contribution in [3.8, 4) is 0 Å². The van der Waals surface area contributed by atoms with Crippen LogP contribution in [0.15, 0.2) is 17.3 Å². The molecule has 2 heterocycles. The third kappa shape index (κ3) is 2.48. The molecule has 0 aliphatic carbocycles. The van der Waals surface area contributed by atoms with Gasteiger partial charge in [0.15, 0.2) is 10.8 Å². The minimum atomic E-state index is -0.841. The fourth-order valence-corrected chi connectivity index (χ4v) is 2.59. The van der Waals surface area contributed by atoms with Crippen LogP contribution >= 0.6 is 11.8 Å². The molecule has 18 heavy (non-hydrogen) atoms. The quantitative estimate of drug-likeness (QED) is 0.860. The van der Waals surface area contributed by atoms with Crippen LogP contribution in [-0.2, 0) is 4.79 Å². The monoisotopic (exact) mass is 265 g/mol. The molecule has 2 rings (SSSR count). The van der Waals surface area contributed by atoms with Gasteiger partial charge < -0.3 is 9.67 Å². The van der Waals surface area contributed by atoms with Crippen LogP contribution in [0.2, 0.25) is 0 Å². The highest BCUT2D eigenvalue weighted by atomic mass is 32.2. The van der Waals surface area contributed by atoms with E-state index >= 15 is 0 Å². The Hall–Kier alpha value is -1.56. The van der Waals surface area contributed by atoms with Crippen LogP contribution in [0.5, 0.6) is 0 Å². The van der Waals surface area contributed by atoms with Crippen LogP contribution in [0.25, 0.3) is 11.2 Å². The van der Waals surface area contributed by atoms with Crippen LogP contribution in [0.3, 0.4) is 0 Å². The lowest BCUT2D eigenvalue weighted by Crippen LogP contribution is -2.06. The molecular weight excluding hydrogens is 250 g/mol. The molecular formula is C12H15N3O2S. The van der Waals surface area contributed by atoms with E-state index in [1.54, 1.807) is 0 Å². The SMILES string of the molecule is Cc1ccc2nc(SCC(=O)O)n(C(C)C)c2n1. The zero-order chi connectivity index (χ0) is 13.3. The summed E-state index contributed by atoms with van der Waals surface area (Å²) in [6.07, 6.45) is 0. The average Bonchev–Trinajstić information content (AvgIpc) is 2.63. The van der Waals surface area contributed by atoms with Gasteiger partial charge in [-0.1, -0.05) is 11.8 Å². The van der Waals surface area contributed by atoms with Crippen molar-refractivity contribution in [3.05, 3.63) is 17.8 Å². The zero-order valence-electron chi connectivity index (χ0n) is 10.5. The summed E-state index contributed by atoms with van der Waals surface area (Å²) in [5.74, 6) is -0.832. The molecule has 0 unspecified atom stereocenters. The van der Waals surface area contributed by atoms with Crippen LogP contribution in [0, 0.1) is 6.92 Å². The van der Waals surface area contributed by atoms with E-state index in [0.717, 1.165) is 16.9 Å². The van der Waals surface area contributed by atoms with E-state index in [9.17, 15) is 4.79 Å². The predicted octanol–water partition coefficient (Wildman–Crippen LogP) is 2.50. The molecule has 2 aromatic heterocycles. The number of carbonyl (C=O) groups is 1. The number of aliphatic carboxylic acids is 1. The average molecular weight is 265 g/mol. The number of nitrogens with zero attached hydrogens (tertiary/aromatic N) is 3. The third-order valence-corrected chi connectivity index (χ3v) is 3.42. The summed E-state index contributed by atoms with van der Waals surface area (Å²) in [7, 11) is 0. The molecule has 0 atom stereocenters. The van der Waals surface area contributed by atoms with E-state index in [4.69, 9.17) is 5.11 Å². The summed E-state index contributed by atoms with van der Waals surface area (Å²) in [5.41, 5.74) is 2.55. The van der Waals surface area contributed by atoms with Gasteiger partial charge in [-0.3, -0.25) is 4.79 Å². The number of thioether (sulfide) groups is 1. The van der Waals surface area contributed by atoms with Crippen LogP contribution in [-0.4, -0.2) is 31.4 Å². The second-order valence-corrected chi connectivity index (χ2v) is 5.28. The van der Waals surface area contributed by atoms with Crippen molar-refractivity contribution in [3.63, 3.8) is 0 Å². The molecule has 0 aromatic carbocycles. The normalized spacial score (nSPS) is 11.3. The third-order valence-electron chi connectivity index (χ3n) is 2.49. The molecule has 96 valence electrons. The van der Waals surface area contributed by atoms with Crippen LogP contribution in [0.4, 0.5) is 0 Å². The molecule has 1 N–H and O–H groups in total. The Balaban J connectivity index is 2.51. The molecule has 5 nitrogen and oxygen atoms in total. The van der Waals surface area contributed by atoms with Crippen molar-refractivity contribution in [2.24, 2.45) is 0 Å². The minimum absolute atomic E-state index is 0.00895. The molecule has 0 saturated carbocycles. The van der Waals surface area contributed by atoms with E-state index < -0.39 is 5.97 Å². The Morgan fingerprint density at radius 2 is 2.17 bits per heavy atom. The maximum absolute atomic E-state index is 10.6. The maximum Gasteiger partial charge on any atom is 0.313 e. The fraction of sp³-hybridized carbons (Fsp3) is 0.417. The largest absolute Gasteiger partial charge is 0.481 e. The Labute approximate surface area is 109 Å². The Morgan fingerprint density at radius 1 is 1.44 bits per heavy atom. The number of hydrogen-bond acceptors (Lipinski definition) is 4. The van der Waals surface area contributed by atoms with Gasteiger partial charge in [-0.05, 0) is 32.9 Å². The van der Waals surface area contributed by atoms with Gasteiger partial charge in [-0.15, -0.1) is 0 Å². The number of fused-ring (bicyclic) bond motifs is 1. The van der Waals surface area contributed by atoms with Crippen molar-refractivity contribution in [1.82, 2.24) is 14.5 Å². The predicted molar refractivity (Wildman–Crippen MR) is 71.0 cm³/mol. The first-order valence-electron chi connectivity index (χ1n) is 5.69. The number of carboxylic acids is 1. The number of pyridine rings is 1. The van der Waals surface area contributed by atoms with Crippen molar-refractivity contribution in [2.45, 2.75) is 32.0 Å². The zero-order valence-corrected chi connectivity index (χ0v) is 11.4. The molecule has 0 spiro atoms. The molecule has 2 aromatic rings. The van der Waals surface area contributed by atoms with Gasteiger partial charge in [0.2, 0.25) is 0 Å². The fourth-order valence-electron chi connectivity index (χ4n) is 1.74. The first kappa shape index (κ1) is 12.9. The van der Waals surface area contributed by atoms with E-state index in [0.29, 0.717) is 5.16 Å². The van der Waals surface area contributed by atoms with Gasteiger partial charge >= 0.3 is 5.97 Å². The summed E-state index contributed by atoms with van der Waals surface area (Å²) in [4.78, 5) is 19.6. The van der Waals surface area contributed by atoms with Gasteiger partial charge in [0.05, 0.1) is 5.75 Å². The van der Waals surface area contributed by atoms with E-state index in [1.807, 2.05) is 37.5 Å². The summed E-state index contributed by atoms with van der Waals surface area (Å²) in [6.45, 7) is 6.01. The van der Waals surface area contributed by atoms with Crippen molar-refractivity contribution in [1.29, 1.82) is 0 Å². The van der Waals surface area contributed by atoms with Crippen LogP contribution in [0.1, 0.15) is 25.6 Å². The highest BCUT2D eigenvalue weighted by Gasteiger charge is 2.15. The van der Waals surface area contributed by atoms with Gasteiger partial charge in [0, 0.05) is 11.7 Å². The van der Waals surface area contributed by atoms with Crippen molar-refractivity contribution in [2.75, 3.05) is 5.75 Å². The lowest BCUT2D eigenvalue weighted by atomic mass is 10.3. The molecule has 0 bridgehead atoms. The highest BCUT2D eigenvalue weighted by Crippen LogP contribution is 2.26. The minimum Gasteiger partial charge on any atom is -0.481 e. The van der Waals surface area contributed by atoms with Gasteiger partial charge in [0.25, 0.3) is 0 Å². The van der Waals surface area contributed by atoms with Crippen LogP contribution < -0.4 is 0 Å². The van der Waals surface area contributed by atoms with Gasteiger partial charge in [-0.2, -0.15) is 0 Å². The summed E-state index contributed by atoms with van der Waals surface area (Å²) >= 11 is 1.23. The van der Waals surface area contributed by atoms with Crippen molar-refractivity contribution < 1.29 is 9.90 Å². The summed E-state index contributed by atoms with van der Waals surface area (Å²) in [6, 6.07) is 4.02. The number of imidazole rings is 1. The molecule has 0 radical (unpaired) electrons. The second-order valence-electron chi connectivity index (χ2n) is 4.34. The number of aromatic nitrogens is 3. The molecule has 6 heteroatoms. The molecule has 0 aliphatic heterocycles. The van der Waals surface area contributed by atoms with Gasteiger partial charge in [0.1, 0.15) is 5.52 Å². The smallest absolute Gasteiger partial charge is 0.313 e.